The van der Waals surface area contributed by atoms with Crippen molar-refractivity contribution >= 4 is 28.3 Å². The van der Waals surface area contributed by atoms with Gasteiger partial charge in [-0.1, -0.05) is 32.9 Å². The number of hydrogen-bond acceptors (Lipinski definition) is 8. The average molecular weight is 598 g/mol. The van der Waals surface area contributed by atoms with Crippen molar-refractivity contribution in [2.24, 2.45) is 0 Å². The molecule has 2 aromatic carbocycles. The van der Waals surface area contributed by atoms with Gasteiger partial charge in [0, 0.05) is 41.9 Å². The maximum Gasteiger partial charge on any atom is 0.282 e. The van der Waals surface area contributed by atoms with E-state index in [0.717, 1.165) is 10.2 Å². The Labute approximate surface area is 252 Å². The molecule has 0 saturated carbocycles. The Morgan fingerprint density at radius 1 is 1.09 bits per heavy atom. The number of fused-ring (bicyclic) bond motifs is 1. The fourth-order valence-electron chi connectivity index (χ4n) is 5.23. The molecule has 1 amide bonds. The number of carbonyl (C=O) groups is 1. The lowest BCUT2D eigenvalue weighted by Gasteiger charge is -2.26. The second-order valence-electron chi connectivity index (χ2n) is 11.6. The molecule has 11 nitrogen and oxygen atoms in total. The van der Waals surface area contributed by atoms with Crippen LogP contribution in [0.3, 0.4) is 0 Å². The van der Waals surface area contributed by atoms with Crippen LogP contribution in [0.4, 0.5) is 16.0 Å². The number of aromatic nitrogens is 5. The summed E-state index contributed by atoms with van der Waals surface area (Å²) in [6, 6.07) is 13.5. The zero-order chi connectivity index (χ0) is 31.0. The molecule has 1 aliphatic rings. The minimum Gasteiger partial charge on any atom is -0.392 e. The monoisotopic (exact) mass is 597 g/mol. The predicted molar refractivity (Wildman–Crippen MR) is 164 cm³/mol. The summed E-state index contributed by atoms with van der Waals surface area (Å²) in [5, 5.41) is 25.5. The standard InChI is InChI=1S/C32H32FN7O4/c1-32(2,3)21-13-20-17-35-40(31(43)29(20)24(33)14-21)26-6-4-5-22(23(26)18-41)25-15-28(38-37-25)36-27-8-7-19(16-34-27)30(42)39-9-11-44-12-10-39/h4-8,13-17,41H,9-12,18H2,1-3H3,(H2,34,36,37,38). The quantitative estimate of drug-likeness (QED) is 0.263. The maximum absolute atomic E-state index is 15.2. The molecule has 44 heavy (non-hydrogen) atoms. The molecule has 1 saturated heterocycles. The lowest BCUT2D eigenvalue weighted by molar-refractivity contribution is 0.0302. The van der Waals surface area contributed by atoms with Crippen LogP contribution in [0.5, 0.6) is 0 Å². The van der Waals surface area contributed by atoms with E-state index >= 15 is 4.39 Å². The molecule has 1 fully saturated rings. The van der Waals surface area contributed by atoms with E-state index in [1.54, 1.807) is 47.4 Å². The normalized spacial score (nSPS) is 13.8. The van der Waals surface area contributed by atoms with Gasteiger partial charge in [0.2, 0.25) is 0 Å². The topological polar surface area (TPSA) is 138 Å². The summed E-state index contributed by atoms with van der Waals surface area (Å²) in [7, 11) is 0. The Bertz CT molecular complexity index is 1910. The lowest BCUT2D eigenvalue weighted by atomic mass is 9.86. The molecule has 12 heteroatoms. The van der Waals surface area contributed by atoms with Crippen molar-refractivity contribution in [3.05, 3.63) is 93.8 Å². The highest BCUT2D eigenvalue weighted by molar-refractivity contribution is 5.94. The molecule has 5 aromatic rings. The van der Waals surface area contributed by atoms with Crippen molar-refractivity contribution in [2.75, 3.05) is 31.6 Å². The highest BCUT2D eigenvalue weighted by Gasteiger charge is 2.21. The minimum absolute atomic E-state index is 0.0690. The Hall–Kier alpha value is -4.94. The van der Waals surface area contributed by atoms with Gasteiger partial charge in [-0.05, 0) is 41.3 Å². The third-order valence-corrected chi connectivity index (χ3v) is 7.68. The van der Waals surface area contributed by atoms with Gasteiger partial charge in [0.15, 0.2) is 5.82 Å². The van der Waals surface area contributed by atoms with Crippen molar-refractivity contribution in [3.8, 4) is 16.9 Å². The van der Waals surface area contributed by atoms with Gasteiger partial charge in [0.25, 0.3) is 11.5 Å². The fraction of sp³-hybridized carbons (Fsp3) is 0.281. The summed E-state index contributed by atoms with van der Waals surface area (Å²) < 4.78 is 21.7. The Balaban J connectivity index is 1.27. The first kappa shape index (κ1) is 29.1. The zero-order valence-electron chi connectivity index (χ0n) is 24.6. The number of carbonyl (C=O) groups excluding carboxylic acids is 1. The van der Waals surface area contributed by atoms with Crippen LogP contribution in [0.1, 0.15) is 42.3 Å². The molecule has 6 rings (SSSR count). The number of hydrogen-bond donors (Lipinski definition) is 3. The summed E-state index contributed by atoms with van der Waals surface area (Å²) in [4.78, 5) is 32.3. The van der Waals surface area contributed by atoms with Crippen LogP contribution in [0.2, 0.25) is 0 Å². The molecule has 0 aliphatic carbocycles. The predicted octanol–water partition coefficient (Wildman–Crippen LogP) is 4.32. The lowest BCUT2D eigenvalue weighted by Crippen LogP contribution is -2.40. The second-order valence-corrected chi connectivity index (χ2v) is 11.6. The molecule has 0 spiro atoms. The third kappa shape index (κ3) is 5.56. The van der Waals surface area contributed by atoms with E-state index in [4.69, 9.17) is 4.74 Å². The SMILES string of the molecule is CC(C)(C)c1cc(F)c2c(=O)n(-c3cccc(-c4cc(Nc5ccc(C(=O)N6CCOCC6)cn5)n[nH]4)c3CO)ncc2c1. The van der Waals surface area contributed by atoms with Crippen LogP contribution in [-0.4, -0.2) is 67.2 Å². The van der Waals surface area contributed by atoms with Crippen LogP contribution in [-0.2, 0) is 16.8 Å². The number of pyridine rings is 1. The van der Waals surface area contributed by atoms with Crippen molar-refractivity contribution in [1.29, 1.82) is 0 Å². The Morgan fingerprint density at radius 2 is 1.89 bits per heavy atom. The molecule has 3 aromatic heterocycles. The number of rotatable bonds is 6. The molecule has 0 atom stereocenters. The molecule has 226 valence electrons. The van der Waals surface area contributed by atoms with Gasteiger partial charge in [-0.3, -0.25) is 14.7 Å². The van der Waals surface area contributed by atoms with E-state index in [2.05, 4.69) is 25.6 Å². The summed E-state index contributed by atoms with van der Waals surface area (Å²) >= 11 is 0. The smallest absolute Gasteiger partial charge is 0.282 e. The van der Waals surface area contributed by atoms with Crippen LogP contribution in [0.15, 0.2) is 65.7 Å². The van der Waals surface area contributed by atoms with Crippen LogP contribution in [0, 0.1) is 5.82 Å². The molecular formula is C32H32FN7O4. The second kappa shape index (κ2) is 11.6. The summed E-state index contributed by atoms with van der Waals surface area (Å²) in [5.41, 5.74) is 2.19. The van der Waals surface area contributed by atoms with E-state index < -0.39 is 18.0 Å². The summed E-state index contributed by atoms with van der Waals surface area (Å²) in [6.07, 6.45) is 2.98. The van der Waals surface area contributed by atoms with E-state index in [-0.39, 0.29) is 16.7 Å². The number of aliphatic hydroxyl groups excluding tert-OH is 1. The molecule has 0 radical (unpaired) electrons. The molecule has 0 bridgehead atoms. The molecule has 3 N–H and O–H groups in total. The maximum atomic E-state index is 15.2. The minimum atomic E-state index is -0.624. The highest BCUT2D eigenvalue weighted by atomic mass is 19.1. The number of ether oxygens (including phenoxy) is 1. The largest absolute Gasteiger partial charge is 0.392 e. The zero-order valence-corrected chi connectivity index (χ0v) is 24.6. The van der Waals surface area contributed by atoms with Gasteiger partial charge in [0.05, 0.1) is 48.3 Å². The van der Waals surface area contributed by atoms with Crippen LogP contribution < -0.4 is 10.9 Å². The number of benzene rings is 2. The molecule has 1 aliphatic heterocycles. The van der Waals surface area contributed by atoms with Crippen LogP contribution in [0.25, 0.3) is 27.7 Å². The van der Waals surface area contributed by atoms with Gasteiger partial charge in [-0.25, -0.2) is 9.37 Å². The van der Waals surface area contributed by atoms with Crippen molar-refractivity contribution in [1.82, 2.24) is 29.9 Å². The first-order valence-corrected chi connectivity index (χ1v) is 14.2. The number of H-pyrrole nitrogens is 1. The molecule has 0 unspecified atom stereocenters. The molecule has 4 heterocycles. The number of aromatic amines is 1. The van der Waals surface area contributed by atoms with Gasteiger partial charge < -0.3 is 20.1 Å². The number of aliphatic hydroxyl groups is 1. The number of nitrogens with zero attached hydrogens (tertiary/aromatic N) is 5. The number of morpholine rings is 1. The van der Waals surface area contributed by atoms with Crippen LogP contribution >= 0.6 is 0 Å². The van der Waals surface area contributed by atoms with Gasteiger partial charge >= 0.3 is 0 Å². The Kier molecular flexibility index (Phi) is 7.70. The summed E-state index contributed by atoms with van der Waals surface area (Å²) in [5.74, 6) is 0.225. The third-order valence-electron chi connectivity index (χ3n) is 7.68. The van der Waals surface area contributed by atoms with E-state index in [1.165, 1.54) is 18.5 Å². The fourth-order valence-corrected chi connectivity index (χ4v) is 5.23. The van der Waals surface area contributed by atoms with Crippen molar-refractivity contribution in [2.45, 2.75) is 32.8 Å². The van der Waals surface area contributed by atoms with Gasteiger partial charge in [0.1, 0.15) is 11.6 Å². The van der Waals surface area contributed by atoms with E-state index in [1.807, 2.05) is 20.8 Å². The first-order chi connectivity index (χ1) is 21.1. The molecular weight excluding hydrogens is 565 g/mol. The number of amides is 1. The first-order valence-electron chi connectivity index (χ1n) is 14.2. The van der Waals surface area contributed by atoms with Gasteiger partial charge in [-0.2, -0.15) is 14.9 Å². The van der Waals surface area contributed by atoms with E-state index in [9.17, 15) is 14.7 Å². The summed E-state index contributed by atoms with van der Waals surface area (Å²) in [6.45, 7) is 7.64. The van der Waals surface area contributed by atoms with Crippen molar-refractivity contribution < 1.29 is 19.0 Å². The van der Waals surface area contributed by atoms with Crippen molar-refractivity contribution in [3.63, 3.8) is 0 Å². The number of anilines is 2. The number of halogens is 1. The highest BCUT2D eigenvalue weighted by Crippen LogP contribution is 2.30. The van der Waals surface area contributed by atoms with Gasteiger partial charge in [-0.15, -0.1) is 0 Å². The Morgan fingerprint density at radius 3 is 2.59 bits per heavy atom. The van der Waals surface area contributed by atoms with E-state index in [0.29, 0.717) is 71.4 Å². The number of nitrogens with one attached hydrogen (secondary N) is 2. The average Bonchev–Trinajstić information content (AvgIpc) is 3.49.